The molecule has 1 N–H and O–H groups in total. The molecule has 0 spiro atoms. The smallest absolute Gasteiger partial charge is 0.243 e. The average molecular weight is 353 g/mol. The van der Waals surface area contributed by atoms with Gasteiger partial charge in [0, 0.05) is 6.54 Å². The van der Waals surface area contributed by atoms with E-state index in [9.17, 15) is 13.5 Å². The third kappa shape index (κ3) is 2.84. The zero-order valence-electron chi connectivity index (χ0n) is 13.7. The van der Waals surface area contributed by atoms with Gasteiger partial charge < -0.3 is 5.11 Å². The lowest BCUT2D eigenvalue weighted by molar-refractivity contribution is 0.173. The van der Waals surface area contributed by atoms with E-state index in [1.54, 1.807) is 12.1 Å². The van der Waals surface area contributed by atoms with Crippen LogP contribution in [-0.4, -0.2) is 30.5 Å². The lowest BCUT2D eigenvalue weighted by Crippen LogP contribution is -2.46. The van der Waals surface area contributed by atoms with Crippen LogP contribution in [0.15, 0.2) is 71.6 Å². The van der Waals surface area contributed by atoms with Crippen LogP contribution in [-0.2, 0) is 23.0 Å². The van der Waals surface area contributed by atoms with Crippen molar-refractivity contribution in [3.05, 3.63) is 77.9 Å². The number of rotatable bonds is 3. The van der Waals surface area contributed by atoms with Crippen molar-refractivity contribution < 1.29 is 13.5 Å². The van der Waals surface area contributed by atoms with Gasteiger partial charge in [0.2, 0.25) is 10.0 Å². The van der Waals surface area contributed by atoms with Gasteiger partial charge in [0.05, 0.1) is 17.5 Å². The van der Waals surface area contributed by atoms with E-state index < -0.39 is 16.1 Å². The fourth-order valence-corrected chi connectivity index (χ4v) is 5.09. The van der Waals surface area contributed by atoms with Gasteiger partial charge in [-0.15, -0.1) is 0 Å². The molecule has 0 amide bonds. The first kappa shape index (κ1) is 16.3. The van der Waals surface area contributed by atoms with Crippen LogP contribution in [0.1, 0.15) is 11.1 Å². The van der Waals surface area contributed by atoms with E-state index in [2.05, 4.69) is 0 Å². The van der Waals surface area contributed by atoms with Crippen LogP contribution in [0, 0.1) is 0 Å². The average Bonchev–Trinajstić information content (AvgIpc) is 2.66. The predicted molar refractivity (Wildman–Crippen MR) is 97.7 cm³/mol. The molecule has 4 rings (SSSR count). The summed E-state index contributed by atoms with van der Waals surface area (Å²) in [6.45, 7) is 0.0949. The highest BCUT2D eigenvalue weighted by Gasteiger charge is 2.35. The second-order valence-corrected chi connectivity index (χ2v) is 8.26. The molecule has 0 aromatic heterocycles. The van der Waals surface area contributed by atoms with Gasteiger partial charge in [-0.3, -0.25) is 0 Å². The maximum atomic E-state index is 13.2. The van der Waals surface area contributed by atoms with Crippen molar-refractivity contribution in [3.8, 4) is 0 Å². The molecule has 3 aromatic rings. The molecule has 1 aliphatic rings. The summed E-state index contributed by atoms with van der Waals surface area (Å²) in [5, 5.41) is 11.7. The summed E-state index contributed by atoms with van der Waals surface area (Å²) in [7, 11) is -3.68. The normalized spacial score (nSPS) is 18.2. The van der Waals surface area contributed by atoms with Crippen LogP contribution >= 0.6 is 0 Å². The van der Waals surface area contributed by atoms with Crippen LogP contribution in [0.2, 0.25) is 0 Å². The van der Waals surface area contributed by atoms with Crippen molar-refractivity contribution in [2.45, 2.75) is 23.9 Å². The van der Waals surface area contributed by atoms with E-state index in [1.165, 1.54) is 4.31 Å². The van der Waals surface area contributed by atoms with Gasteiger partial charge in [-0.1, -0.05) is 54.6 Å². The summed E-state index contributed by atoms with van der Waals surface area (Å²) in [6, 6.07) is 20.2. The van der Waals surface area contributed by atoms with E-state index in [1.807, 2.05) is 54.6 Å². The molecule has 1 unspecified atom stereocenters. The molecule has 0 radical (unpaired) electrons. The Kier molecular flexibility index (Phi) is 4.07. The largest absolute Gasteiger partial charge is 0.395 e. The summed E-state index contributed by atoms with van der Waals surface area (Å²) >= 11 is 0. The van der Waals surface area contributed by atoms with Gasteiger partial charge in [0.15, 0.2) is 0 Å². The second-order valence-electron chi connectivity index (χ2n) is 6.37. The molecule has 5 heteroatoms. The van der Waals surface area contributed by atoms with Crippen molar-refractivity contribution in [1.29, 1.82) is 0 Å². The molecule has 0 saturated carbocycles. The Labute approximate surface area is 147 Å². The van der Waals surface area contributed by atoms with Crippen LogP contribution in [0.25, 0.3) is 10.8 Å². The first-order chi connectivity index (χ1) is 12.1. The van der Waals surface area contributed by atoms with Crippen LogP contribution in [0.5, 0.6) is 0 Å². The lowest BCUT2D eigenvalue weighted by atomic mass is 9.96. The molecule has 0 fully saturated rings. The minimum absolute atomic E-state index is 0.193. The standard InChI is InChI=1S/C20H19NO3S/c22-14-19-11-16-6-3-4-8-18(16)13-21(19)25(23,24)20-10-9-15-5-1-2-7-17(15)12-20/h1-10,12,19,22H,11,13-14H2. The number of nitrogens with zero attached hydrogens (tertiary/aromatic N) is 1. The highest BCUT2D eigenvalue weighted by atomic mass is 32.2. The number of hydrogen-bond acceptors (Lipinski definition) is 3. The number of benzene rings is 3. The molecule has 0 aliphatic carbocycles. The fraction of sp³-hybridized carbons (Fsp3) is 0.200. The van der Waals surface area contributed by atoms with Crippen LogP contribution in [0.3, 0.4) is 0 Å². The maximum Gasteiger partial charge on any atom is 0.243 e. The quantitative estimate of drug-likeness (QED) is 0.788. The van der Waals surface area contributed by atoms with Crippen molar-refractivity contribution in [3.63, 3.8) is 0 Å². The molecule has 3 aromatic carbocycles. The van der Waals surface area contributed by atoms with Crippen LogP contribution in [0.4, 0.5) is 0 Å². The number of aliphatic hydroxyl groups excluding tert-OH is 1. The SMILES string of the molecule is O=S(=O)(c1ccc2ccccc2c1)N1Cc2ccccc2CC1CO. The molecule has 4 nitrogen and oxygen atoms in total. The number of sulfonamides is 1. The summed E-state index contributed by atoms with van der Waals surface area (Å²) in [4.78, 5) is 0.268. The van der Waals surface area contributed by atoms with Gasteiger partial charge >= 0.3 is 0 Å². The molecule has 128 valence electrons. The van der Waals surface area contributed by atoms with E-state index in [0.717, 1.165) is 21.9 Å². The maximum absolute atomic E-state index is 13.2. The number of fused-ring (bicyclic) bond motifs is 2. The molecule has 1 atom stereocenters. The third-order valence-electron chi connectivity index (χ3n) is 4.85. The molecule has 25 heavy (non-hydrogen) atoms. The molecule has 1 aliphatic heterocycles. The van der Waals surface area contributed by atoms with E-state index in [0.29, 0.717) is 6.42 Å². The fourth-order valence-electron chi connectivity index (χ4n) is 3.46. The minimum atomic E-state index is -3.68. The molecule has 0 saturated heterocycles. The topological polar surface area (TPSA) is 57.6 Å². The van der Waals surface area contributed by atoms with Crippen molar-refractivity contribution in [1.82, 2.24) is 4.31 Å². The highest BCUT2D eigenvalue weighted by molar-refractivity contribution is 7.89. The van der Waals surface area contributed by atoms with Gasteiger partial charge in [-0.2, -0.15) is 4.31 Å². The van der Waals surface area contributed by atoms with E-state index in [-0.39, 0.29) is 18.0 Å². The Hall–Kier alpha value is -2.21. The number of aliphatic hydroxyl groups is 1. The van der Waals surface area contributed by atoms with Crippen molar-refractivity contribution in [2.75, 3.05) is 6.61 Å². The zero-order chi connectivity index (χ0) is 17.4. The Morgan fingerprint density at radius 3 is 2.36 bits per heavy atom. The molecular weight excluding hydrogens is 334 g/mol. The minimum Gasteiger partial charge on any atom is -0.395 e. The second kappa shape index (κ2) is 6.26. The third-order valence-corrected chi connectivity index (χ3v) is 6.74. The first-order valence-electron chi connectivity index (χ1n) is 8.28. The summed E-state index contributed by atoms with van der Waals surface area (Å²) in [6.07, 6.45) is 0.527. The summed E-state index contributed by atoms with van der Waals surface area (Å²) < 4.78 is 27.9. The Balaban J connectivity index is 1.77. The highest BCUT2D eigenvalue weighted by Crippen LogP contribution is 2.30. The summed E-state index contributed by atoms with van der Waals surface area (Å²) in [5.41, 5.74) is 2.10. The Bertz CT molecular complexity index is 1030. The zero-order valence-corrected chi connectivity index (χ0v) is 14.5. The first-order valence-corrected chi connectivity index (χ1v) is 9.72. The van der Waals surface area contributed by atoms with Crippen LogP contribution < -0.4 is 0 Å². The molecule has 0 bridgehead atoms. The van der Waals surface area contributed by atoms with Gasteiger partial charge in [-0.05, 0) is 40.5 Å². The lowest BCUT2D eigenvalue weighted by Gasteiger charge is -2.35. The summed E-state index contributed by atoms with van der Waals surface area (Å²) in [5.74, 6) is 0. The van der Waals surface area contributed by atoms with Crippen molar-refractivity contribution in [2.24, 2.45) is 0 Å². The molecular formula is C20H19NO3S. The van der Waals surface area contributed by atoms with E-state index >= 15 is 0 Å². The number of hydrogen-bond donors (Lipinski definition) is 1. The Morgan fingerprint density at radius 2 is 1.60 bits per heavy atom. The van der Waals surface area contributed by atoms with E-state index in [4.69, 9.17) is 0 Å². The predicted octanol–water partition coefficient (Wildman–Crippen LogP) is 2.95. The van der Waals surface area contributed by atoms with Gasteiger partial charge in [-0.25, -0.2) is 8.42 Å². The monoisotopic (exact) mass is 353 g/mol. The van der Waals surface area contributed by atoms with Crippen molar-refractivity contribution >= 4 is 20.8 Å². The van der Waals surface area contributed by atoms with Gasteiger partial charge in [0.1, 0.15) is 0 Å². The Morgan fingerprint density at radius 1 is 0.920 bits per heavy atom. The molecule has 1 heterocycles. The van der Waals surface area contributed by atoms with Gasteiger partial charge in [0.25, 0.3) is 0 Å².